The van der Waals surface area contributed by atoms with Gasteiger partial charge in [-0.2, -0.15) is 0 Å². The smallest absolute Gasteiger partial charge is 0.167 e. The lowest BCUT2D eigenvalue weighted by molar-refractivity contribution is 0.660. The van der Waals surface area contributed by atoms with Gasteiger partial charge in [0.05, 0.1) is 22.0 Å². The van der Waals surface area contributed by atoms with Crippen LogP contribution in [-0.2, 0) is 16.2 Å². The van der Waals surface area contributed by atoms with E-state index in [4.69, 9.17) is 38.7 Å². The van der Waals surface area contributed by atoms with Crippen molar-refractivity contribution in [3.05, 3.63) is 407 Å². The van der Waals surface area contributed by atoms with Gasteiger partial charge in [0.2, 0.25) is 0 Å². The minimum absolute atomic E-state index is 0.285. The zero-order chi connectivity index (χ0) is 75.6. The molecule has 20 aromatic rings. The monoisotopic (exact) mass is 1460 g/mol. The number of fused-ring (bicyclic) bond motifs is 29. The van der Waals surface area contributed by atoms with E-state index in [-0.39, 0.29) is 5.41 Å². The Labute approximate surface area is 662 Å². The van der Waals surface area contributed by atoms with Gasteiger partial charge in [-0.05, 0) is 176 Å². The third kappa shape index (κ3) is 8.69. The second-order valence-electron chi connectivity index (χ2n) is 31.7. The summed E-state index contributed by atoms with van der Waals surface area (Å²) in [5, 5.41) is 3.91. The van der Waals surface area contributed by atoms with Crippen molar-refractivity contribution in [2.45, 2.75) is 30.1 Å². The van der Waals surface area contributed by atoms with E-state index in [1.54, 1.807) is 0 Å². The molecule has 25 rings (SSSR count). The Kier molecular flexibility index (Phi) is 13.1. The van der Waals surface area contributed by atoms with E-state index >= 15 is 0 Å². The number of furan rings is 2. The van der Waals surface area contributed by atoms with E-state index in [2.05, 4.69) is 347 Å². The third-order valence-corrected chi connectivity index (χ3v) is 25.7. The zero-order valence-electron chi connectivity index (χ0n) is 62.5. The summed E-state index contributed by atoms with van der Waals surface area (Å²) in [5.41, 5.74) is 34.8. The van der Waals surface area contributed by atoms with Gasteiger partial charge in [-0.15, -0.1) is 0 Å². The van der Waals surface area contributed by atoms with E-state index < -0.39 is 10.8 Å². The van der Waals surface area contributed by atoms with Gasteiger partial charge in [0.1, 0.15) is 22.3 Å². The fraction of sp³-hybridized carbons (Fsp3) is 0.0467. The maximum Gasteiger partial charge on any atom is 0.167 e. The molecule has 16 aromatic carbocycles. The van der Waals surface area contributed by atoms with Crippen molar-refractivity contribution in [1.29, 1.82) is 0 Å². The molecule has 0 saturated carbocycles. The van der Waals surface area contributed by atoms with Crippen LogP contribution in [0.15, 0.2) is 361 Å². The lowest BCUT2D eigenvalue weighted by Gasteiger charge is -2.30. The number of nitrogens with zero attached hydrogens (tertiary/aromatic N) is 6. The molecule has 4 aromatic heterocycles. The minimum Gasteiger partial charge on any atom is -0.455 e. The van der Waals surface area contributed by atoms with Crippen molar-refractivity contribution in [1.82, 2.24) is 29.9 Å². The largest absolute Gasteiger partial charge is 0.455 e. The van der Waals surface area contributed by atoms with Gasteiger partial charge in [-0.1, -0.05) is 323 Å². The first-order valence-corrected chi connectivity index (χ1v) is 39.5. The van der Waals surface area contributed by atoms with Crippen LogP contribution in [0.5, 0.6) is 0 Å². The van der Waals surface area contributed by atoms with Crippen LogP contribution in [0.4, 0.5) is 0 Å². The number of hydrogen-bond acceptors (Lipinski definition) is 8. The van der Waals surface area contributed by atoms with Gasteiger partial charge in [0.25, 0.3) is 0 Å². The fourth-order valence-electron chi connectivity index (χ4n) is 20.9. The van der Waals surface area contributed by atoms with Crippen LogP contribution in [0.1, 0.15) is 69.5 Å². The van der Waals surface area contributed by atoms with E-state index in [0.29, 0.717) is 46.1 Å². The van der Waals surface area contributed by atoms with Crippen molar-refractivity contribution in [3.63, 3.8) is 0 Å². The molecule has 4 heterocycles. The van der Waals surface area contributed by atoms with Gasteiger partial charge >= 0.3 is 0 Å². The molecule has 0 saturated heterocycles. The standard InChI is InChI=1S/C107H64N6O2/c1-105(2)84-43-16-13-39-79(84)96-80(41-26-50-91(96)105)102-109-100(62-54-56-74-72-35-12-22-49-90(72)107(93(74)60-62)87-46-19-9-32-69(87)70-33-10-20-47-88(70)107)111-104(113-102)83-58-63(57-82-76-37-15-24-52-95(76)115-98(82)83)64-27-3-4-28-65(64)66-29-5-6-38-78(66)101-108-99(110-103(112-101)81-42-25-40-77-75-36-14-23-51-94(75)114-97(77)81)61-53-55-73-71-34-11-21-48-89(71)106(92(73)59-61)85-44-17-7-30-67(85)68-31-8-18-45-86(68)106/h3-60H,1-2H3. The predicted octanol–water partition coefficient (Wildman–Crippen LogP) is 26.2. The van der Waals surface area contributed by atoms with Crippen molar-refractivity contribution < 1.29 is 8.83 Å². The zero-order valence-corrected chi connectivity index (χ0v) is 62.5. The highest BCUT2D eigenvalue weighted by atomic mass is 16.3. The van der Waals surface area contributed by atoms with Crippen LogP contribution >= 0.6 is 0 Å². The van der Waals surface area contributed by atoms with Gasteiger partial charge in [-0.3, -0.25) is 0 Å². The Morgan fingerprint density at radius 2 is 0.513 bits per heavy atom. The summed E-state index contributed by atoms with van der Waals surface area (Å²) in [7, 11) is 0. The van der Waals surface area contributed by atoms with Gasteiger partial charge < -0.3 is 8.83 Å². The summed E-state index contributed by atoms with van der Waals surface area (Å²) in [6.07, 6.45) is 0. The first-order valence-electron chi connectivity index (χ1n) is 39.5. The van der Waals surface area contributed by atoms with Crippen LogP contribution in [-0.4, -0.2) is 29.9 Å². The molecule has 0 amide bonds. The Balaban J connectivity index is 0.699. The molecule has 0 radical (unpaired) electrons. The van der Waals surface area contributed by atoms with E-state index in [9.17, 15) is 0 Å². The number of para-hydroxylation sites is 3. The molecule has 2 spiro atoms. The Bertz CT molecular complexity index is 7560. The summed E-state index contributed by atoms with van der Waals surface area (Å²) in [6, 6.07) is 127. The molecule has 8 nitrogen and oxygen atoms in total. The average Bonchev–Trinajstić information content (AvgIpc) is 1.51. The molecule has 5 aliphatic carbocycles. The molecule has 0 N–H and O–H groups in total. The molecular formula is C107H64N6O2. The first-order chi connectivity index (χ1) is 56.8. The molecule has 0 atom stereocenters. The molecule has 8 heteroatoms. The topological polar surface area (TPSA) is 104 Å². The second-order valence-corrected chi connectivity index (χ2v) is 31.7. The van der Waals surface area contributed by atoms with E-state index in [1.165, 1.54) is 106 Å². The summed E-state index contributed by atoms with van der Waals surface area (Å²) in [4.78, 5) is 34.2. The average molecular weight is 1470 g/mol. The molecule has 5 aliphatic rings. The second kappa shape index (κ2) is 23.6. The van der Waals surface area contributed by atoms with Crippen molar-refractivity contribution >= 4 is 43.9 Å². The maximum absolute atomic E-state index is 7.19. The Morgan fingerprint density at radius 1 is 0.191 bits per heavy atom. The first kappa shape index (κ1) is 63.9. The van der Waals surface area contributed by atoms with Gasteiger partial charge in [0.15, 0.2) is 34.9 Å². The highest BCUT2D eigenvalue weighted by Gasteiger charge is 2.54. The number of aromatic nitrogens is 6. The third-order valence-electron chi connectivity index (χ3n) is 25.7. The molecule has 0 fully saturated rings. The van der Waals surface area contributed by atoms with Crippen LogP contribution < -0.4 is 0 Å². The summed E-state index contributed by atoms with van der Waals surface area (Å²) in [5.74, 6) is 3.13. The summed E-state index contributed by atoms with van der Waals surface area (Å²) < 4.78 is 14.0. The van der Waals surface area contributed by atoms with Crippen molar-refractivity contribution in [2.75, 3.05) is 0 Å². The van der Waals surface area contributed by atoms with Crippen molar-refractivity contribution in [3.8, 4) is 146 Å². The Hall–Kier alpha value is -14.9. The molecule has 115 heavy (non-hydrogen) atoms. The van der Waals surface area contributed by atoms with Crippen LogP contribution in [0.2, 0.25) is 0 Å². The fourth-order valence-corrected chi connectivity index (χ4v) is 20.9. The van der Waals surface area contributed by atoms with E-state index in [0.717, 1.165) is 93.9 Å². The highest BCUT2D eigenvalue weighted by Crippen LogP contribution is 2.66. The SMILES string of the molecule is CC1(C)c2ccccc2-c2c(-c3nc(-c4ccc5c(c4)C4(c6ccccc6-c6ccccc64)c4ccccc4-5)nc(-c4cc(-c5ccccc5-c5ccccc5-c5nc(-c6ccc7c(c6)C6(c8ccccc8-c8ccccc86)c6ccccc6-7)nc(-c6cccc7c6oc6ccccc67)n5)cc5c4oc4ccccc45)n3)cccc21. The number of hydrogen-bond donors (Lipinski definition) is 0. The van der Waals surface area contributed by atoms with Crippen LogP contribution in [0.25, 0.3) is 190 Å². The Morgan fingerprint density at radius 3 is 1.02 bits per heavy atom. The molecule has 0 unspecified atom stereocenters. The highest BCUT2D eigenvalue weighted by molar-refractivity contribution is 6.13. The molecular weight excluding hydrogens is 1400 g/mol. The van der Waals surface area contributed by atoms with Gasteiger partial charge in [-0.25, -0.2) is 29.9 Å². The maximum atomic E-state index is 7.19. The van der Waals surface area contributed by atoms with Crippen LogP contribution in [0, 0.1) is 0 Å². The molecule has 534 valence electrons. The summed E-state index contributed by atoms with van der Waals surface area (Å²) in [6.45, 7) is 4.65. The van der Waals surface area contributed by atoms with Crippen LogP contribution in [0.3, 0.4) is 0 Å². The quantitative estimate of drug-likeness (QED) is 0.148. The number of rotatable bonds is 8. The van der Waals surface area contributed by atoms with Crippen molar-refractivity contribution in [2.24, 2.45) is 0 Å². The normalized spacial score (nSPS) is 14.0. The lowest BCUT2D eigenvalue weighted by atomic mass is 9.70. The lowest BCUT2D eigenvalue weighted by Crippen LogP contribution is -2.25. The van der Waals surface area contributed by atoms with Gasteiger partial charge in [0, 0.05) is 49.2 Å². The minimum atomic E-state index is -0.598. The number of benzene rings is 16. The molecule has 0 bridgehead atoms. The summed E-state index contributed by atoms with van der Waals surface area (Å²) >= 11 is 0. The predicted molar refractivity (Wildman–Crippen MR) is 461 cm³/mol. The van der Waals surface area contributed by atoms with E-state index in [1.807, 2.05) is 18.2 Å². The molecule has 0 aliphatic heterocycles.